The van der Waals surface area contributed by atoms with Gasteiger partial charge >= 0.3 is 12.0 Å². The first-order valence-corrected chi connectivity index (χ1v) is 7.33. The minimum absolute atomic E-state index is 0.141. The van der Waals surface area contributed by atoms with Crippen molar-refractivity contribution in [2.75, 3.05) is 19.6 Å². The number of carbonyl (C=O) groups is 3. The number of piperidine rings is 1. The van der Waals surface area contributed by atoms with Gasteiger partial charge in [-0.25, -0.2) is 9.59 Å². The Morgan fingerprint density at radius 1 is 1.24 bits per heavy atom. The van der Waals surface area contributed by atoms with Gasteiger partial charge in [0.1, 0.15) is 5.54 Å². The lowest BCUT2D eigenvalue weighted by molar-refractivity contribution is -0.150. The fraction of sp³-hybridized carbons (Fsp3) is 0.786. The largest absolute Gasteiger partial charge is 0.480 e. The molecule has 7 heteroatoms. The number of nitrogens with zero attached hydrogens (tertiary/aromatic N) is 1. The van der Waals surface area contributed by atoms with Crippen LogP contribution in [-0.4, -0.2) is 53.1 Å². The molecule has 0 aromatic carbocycles. The number of rotatable bonds is 5. The highest BCUT2D eigenvalue weighted by molar-refractivity contribution is 5.88. The smallest absolute Gasteiger partial charge is 0.329 e. The van der Waals surface area contributed by atoms with Crippen molar-refractivity contribution >= 4 is 17.9 Å². The molecule has 1 heterocycles. The third-order valence-electron chi connectivity index (χ3n) is 3.70. The number of amides is 3. The standard InChI is InChI=1S/C14H25N3O4/c1-10(2)8-15-11(18)9-16-13(21)17-7-5-4-6-14(17,3)12(19)20/h10H,4-9H2,1-3H3,(H,15,18)(H,16,21)(H,19,20). The first-order chi connectivity index (χ1) is 9.77. The highest BCUT2D eigenvalue weighted by atomic mass is 16.4. The molecule has 21 heavy (non-hydrogen) atoms. The van der Waals surface area contributed by atoms with E-state index in [0.717, 1.165) is 12.8 Å². The molecule has 7 nitrogen and oxygen atoms in total. The SMILES string of the molecule is CC(C)CNC(=O)CNC(=O)N1CCCCC1(C)C(=O)O. The highest BCUT2D eigenvalue weighted by Crippen LogP contribution is 2.28. The summed E-state index contributed by atoms with van der Waals surface area (Å²) < 4.78 is 0. The van der Waals surface area contributed by atoms with Crippen LogP contribution in [0.5, 0.6) is 0 Å². The van der Waals surface area contributed by atoms with Crippen molar-refractivity contribution in [1.29, 1.82) is 0 Å². The number of urea groups is 1. The molecule has 1 atom stereocenters. The van der Waals surface area contributed by atoms with Crippen molar-refractivity contribution in [2.45, 2.75) is 45.6 Å². The molecule has 0 saturated carbocycles. The van der Waals surface area contributed by atoms with Gasteiger partial charge in [0.05, 0.1) is 6.54 Å². The van der Waals surface area contributed by atoms with Gasteiger partial charge in [0.2, 0.25) is 5.91 Å². The van der Waals surface area contributed by atoms with E-state index in [4.69, 9.17) is 0 Å². The summed E-state index contributed by atoms with van der Waals surface area (Å²) in [5.74, 6) is -0.949. The molecule has 1 rings (SSSR count). The predicted octanol–water partition coefficient (Wildman–Crippen LogP) is 0.797. The van der Waals surface area contributed by atoms with Crippen LogP contribution < -0.4 is 10.6 Å². The summed E-state index contributed by atoms with van der Waals surface area (Å²) in [7, 11) is 0. The van der Waals surface area contributed by atoms with Crippen molar-refractivity contribution in [3.63, 3.8) is 0 Å². The van der Waals surface area contributed by atoms with Crippen LogP contribution in [0.2, 0.25) is 0 Å². The second-order valence-electron chi connectivity index (χ2n) is 6.04. The van der Waals surface area contributed by atoms with Gasteiger partial charge in [-0.1, -0.05) is 13.8 Å². The van der Waals surface area contributed by atoms with Gasteiger partial charge in [0, 0.05) is 13.1 Å². The minimum atomic E-state index is -1.20. The number of hydrogen-bond acceptors (Lipinski definition) is 3. The number of carboxylic acid groups (broad SMARTS) is 1. The van der Waals surface area contributed by atoms with Gasteiger partial charge in [-0.3, -0.25) is 4.79 Å². The molecule has 0 aliphatic carbocycles. The van der Waals surface area contributed by atoms with Crippen LogP contribution in [0.1, 0.15) is 40.0 Å². The second-order valence-corrected chi connectivity index (χ2v) is 6.04. The van der Waals surface area contributed by atoms with Gasteiger partial charge in [-0.15, -0.1) is 0 Å². The molecule has 0 radical (unpaired) electrons. The summed E-state index contributed by atoms with van der Waals surface area (Å²) in [6.45, 7) is 6.30. The Morgan fingerprint density at radius 2 is 1.90 bits per heavy atom. The third-order valence-corrected chi connectivity index (χ3v) is 3.70. The summed E-state index contributed by atoms with van der Waals surface area (Å²) in [6.07, 6.45) is 1.98. The number of carbonyl (C=O) groups excluding carboxylic acids is 2. The van der Waals surface area contributed by atoms with Gasteiger partial charge in [0.15, 0.2) is 0 Å². The van der Waals surface area contributed by atoms with Crippen LogP contribution in [0.3, 0.4) is 0 Å². The first kappa shape index (κ1) is 17.3. The summed E-state index contributed by atoms with van der Waals surface area (Å²) in [4.78, 5) is 36.4. The van der Waals surface area contributed by atoms with Gasteiger partial charge < -0.3 is 20.6 Å². The number of hydrogen-bond donors (Lipinski definition) is 3. The van der Waals surface area contributed by atoms with Gasteiger partial charge in [0.25, 0.3) is 0 Å². The zero-order valence-electron chi connectivity index (χ0n) is 12.9. The molecule has 1 aliphatic rings. The Hall–Kier alpha value is -1.79. The molecule has 3 N–H and O–H groups in total. The minimum Gasteiger partial charge on any atom is -0.480 e. The Kier molecular flexibility index (Phi) is 5.99. The summed E-state index contributed by atoms with van der Waals surface area (Å²) in [5.41, 5.74) is -1.20. The molecular formula is C14H25N3O4. The lowest BCUT2D eigenvalue weighted by Gasteiger charge is -2.41. The van der Waals surface area contributed by atoms with Crippen molar-refractivity contribution < 1.29 is 19.5 Å². The van der Waals surface area contributed by atoms with Crippen LogP contribution in [0, 0.1) is 5.92 Å². The topological polar surface area (TPSA) is 98.7 Å². The van der Waals surface area contributed by atoms with E-state index in [1.54, 1.807) is 6.92 Å². The van der Waals surface area contributed by atoms with E-state index in [2.05, 4.69) is 10.6 Å². The lowest BCUT2D eigenvalue weighted by Crippen LogP contribution is -2.60. The van der Waals surface area contributed by atoms with E-state index < -0.39 is 17.5 Å². The van der Waals surface area contributed by atoms with Gasteiger partial charge in [-0.05, 0) is 32.1 Å². The van der Waals surface area contributed by atoms with E-state index >= 15 is 0 Å². The van der Waals surface area contributed by atoms with Crippen LogP contribution in [0.25, 0.3) is 0 Å². The highest BCUT2D eigenvalue weighted by Gasteiger charge is 2.43. The summed E-state index contributed by atoms with van der Waals surface area (Å²) in [5, 5.41) is 14.5. The van der Waals surface area contributed by atoms with Gasteiger partial charge in [-0.2, -0.15) is 0 Å². The fourth-order valence-corrected chi connectivity index (χ4v) is 2.30. The fourth-order valence-electron chi connectivity index (χ4n) is 2.30. The molecule has 1 fully saturated rings. The molecule has 1 saturated heterocycles. The summed E-state index contributed by atoms with van der Waals surface area (Å²) in [6, 6.07) is -0.501. The summed E-state index contributed by atoms with van der Waals surface area (Å²) >= 11 is 0. The Morgan fingerprint density at radius 3 is 2.48 bits per heavy atom. The quantitative estimate of drug-likeness (QED) is 0.699. The molecule has 1 aliphatic heterocycles. The van der Waals surface area contributed by atoms with Crippen molar-refractivity contribution in [2.24, 2.45) is 5.92 Å². The van der Waals surface area contributed by atoms with Crippen molar-refractivity contribution in [3.05, 3.63) is 0 Å². The van der Waals surface area contributed by atoms with E-state index in [-0.39, 0.29) is 12.5 Å². The van der Waals surface area contributed by atoms with Crippen LogP contribution >= 0.6 is 0 Å². The Balaban J connectivity index is 2.53. The van der Waals surface area contributed by atoms with E-state index in [0.29, 0.717) is 25.4 Å². The number of likely N-dealkylation sites (tertiary alicyclic amines) is 1. The average Bonchev–Trinajstić information content (AvgIpc) is 2.42. The van der Waals surface area contributed by atoms with Crippen molar-refractivity contribution in [3.8, 4) is 0 Å². The first-order valence-electron chi connectivity index (χ1n) is 7.33. The van der Waals surface area contributed by atoms with E-state index in [1.165, 1.54) is 4.90 Å². The normalized spacial score (nSPS) is 22.0. The second kappa shape index (κ2) is 7.28. The Labute approximate surface area is 125 Å². The molecule has 0 spiro atoms. The maximum Gasteiger partial charge on any atom is 0.329 e. The average molecular weight is 299 g/mol. The maximum absolute atomic E-state index is 12.1. The molecule has 3 amide bonds. The van der Waals surface area contributed by atoms with E-state index in [1.807, 2.05) is 13.8 Å². The third kappa shape index (κ3) is 4.61. The Bertz CT molecular complexity index is 411. The molecule has 120 valence electrons. The maximum atomic E-state index is 12.1. The molecule has 0 aromatic heterocycles. The number of aliphatic carboxylic acids is 1. The monoisotopic (exact) mass is 299 g/mol. The van der Waals surface area contributed by atoms with Crippen molar-refractivity contribution in [1.82, 2.24) is 15.5 Å². The number of nitrogens with one attached hydrogen (secondary N) is 2. The zero-order chi connectivity index (χ0) is 16.0. The zero-order valence-corrected chi connectivity index (χ0v) is 12.9. The molecule has 0 bridgehead atoms. The predicted molar refractivity (Wildman–Crippen MR) is 77.8 cm³/mol. The lowest BCUT2D eigenvalue weighted by atomic mass is 9.89. The van der Waals surface area contributed by atoms with Crippen LogP contribution in [0.4, 0.5) is 4.79 Å². The van der Waals surface area contributed by atoms with Crippen LogP contribution in [-0.2, 0) is 9.59 Å². The van der Waals surface area contributed by atoms with Crippen LogP contribution in [0.15, 0.2) is 0 Å². The number of carboxylic acids is 1. The molecule has 1 unspecified atom stereocenters. The molecular weight excluding hydrogens is 274 g/mol. The molecule has 0 aromatic rings. The van der Waals surface area contributed by atoms with E-state index in [9.17, 15) is 19.5 Å².